The number of carbonyl (C=O) groups excluding carboxylic acids is 1. The molecular weight excluding hydrogens is 364 g/mol. The molecule has 2 aromatic carbocycles. The summed E-state index contributed by atoms with van der Waals surface area (Å²) in [5.74, 6) is 1.38. The third-order valence-corrected chi connectivity index (χ3v) is 4.93. The van der Waals surface area contributed by atoms with E-state index in [4.69, 9.17) is 4.74 Å². The van der Waals surface area contributed by atoms with Crippen molar-refractivity contribution in [3.63, 3.8) is 0 Å². The molecular formula is C23H24N4O2. The molecule has 6 heteroatoms. The molecule has 0 bridgehead atoms. The van der Waals surface area contributed by atoms with Crippen LogP contribution in [0.5, 0.6) is 5.75 Å². The van der Waals surface area contributed by atoms with Gasteiger partial charge >= 0.3 is 0 Å². The number of aromatic nitrogens is 2. The van der Waals surface area contributed by atoms with Crippen molar-refractivity contribution in [2.75, 3.05) is 23.3 Å². The van der Waals surface area contributed by atoms with E-state index in [-0.39, 0.29) is 5.91 Å². The Bertz CT molecular complexity index is 954. The summed E-state index contributed by atoms with van der Waals surface area (Å²) in [7, 11) is 0. The molecule has 6 nitrogen and oxygen atoms in total. The number of ether oxygens (including phenoxy) is 1. The lowest BCUT2D eigenvalue weighted by Gasteiger charge is -2.16. The summed E-state index contributed by atoms with van der Waals surface area (Å²) in [6.07, 6.45) is 1.80. The SMILES string of the molecule is CC(Oc1ccccc1)C(=O)Nc1cccc(-c2ccc(N3CCCC3)nn2)c1. The number of nitrogens with one attached hydrogen (secondary N) is 1. The highest BCUT2D eigenvalue weighted by atomic mass is 16.5. The van der Waals surface area contributed by atoms with Gasteiger partial charge in [0.2, 0.25) is 0 Å². The van der Waals surface area contributed by atoms with Crippen molar-refractivity contribution >= 4 is 17.4 Å². The van der Waals surface area contributed by atoms with Gasteiger partial charge in [0.05, 0.1) is 5.69 Å². The monoisotopic (exact) mass is 388 g/mol. The Morgan fingerprint density at radius 2 is 1.79 bits per heavy atom. The fraction of sp³-hybridized carbons (Fsp3) is 0.261. The molecule has 1 saturated heterocycles. The van der Waals surface area contributed by atoms with E-state index in [1.807, 2.05) is 66.7 Å². The zero-order chi connectivity index (χ0) is 20.1. The largest absolute Gasteiger partial charge is 0.481 e. The molecule has 3 aromatic rings. The van der Waals surface area contributed by atoms with Gasteiger partial charge in [-0.1, -0.05) is 30.3 Å². The number of nitrogens with zero attached hydrogens (tertiary/aromatic N) is 3. The van der Waals surface area contributed by atoms with E-state index in [1.54, 1.807) is 6.92 Å². The van der Waals surface area contributed by atoms with Crippen LogP contribution >= 0.6 is 0 Å². The van der Waals surface area contributed by atoms with Gasteiger partial charge in [-0.25, -0.2) is 0 Å². The third kappa shape index (κ3) is 4.71. The van der Waals surface area contributed by atoms with Crippen molar-refractivity contribution < 1.29 is 9.53 Å². The standard InChI is InChI=1S/C23H24N4O2/c1-17(29-20-10-3-2-4-11-20)23(28)24-19-9-7-8-18(16-19)21-12-13-22(26-25-21)27-14-5-6-15-27/h2-4,7-13,16-17H,5-6,14-15H2,1H3,(H,24,28). The van der Waals surface area contributed by atoms with Crippen molar-refractivity contribution in [1.82, 2.24) is 10.2 Å². The molecule has 1 unspecified atom stereocenters. The molecule has 29 heavy (non-hydrogen) atoms. The normalized spacial score (nSPS) is 14.4. The smallest absolute Gasteiger partial charge is 0.265 e. The number of carbonyl (C=O) groups is 1. The summed E-state index contributed by atoms with van der Waals surface area (Å²) >= 11 is 0. The van der Waals surface area contributed by atoms with Crippen LogP contribution in [-0.4, -0.2) is 35.3 Å². The molecule has 1 aliphatic rings. The van der Waals surface area contributed by atoms with Crippen LogP contribution in [0.4, 0.5) is 11.5 Å². The predicted octanol–water partition coefficient (Wildman–Crippen LogP) is 4.15. The van der Waals surface area contributed by atoms with Gasteiger partial charge in [0.25, 0.3) is 5.91 Å². The molecule has 1 N–H and O–H groups in total. The number of rotatable bonds is 6. The summed E-state index contributed by atoms with van der Waals surface area (Å²) in [6.45, 7) is 3.81. The van der Waals surface area contributed by atoms with Crippen LogP contribution in [0, 0.1) is 0 Å². The molecule has 0 spiro atoms. The lowest BCUT2D eigenvalue weighted by atomic mass is 10.1. The minimum atomic E-state index is -0.611. The van der Waals surface area contributed by atoms with Gasteiger partial charge in [-0.15, -0.1) is 10.2 Å². The Balaban J connectivity index is 1.42. The molecule has 1 atom stereocenters. The van der Waals surface area contributed by atoms with Crippen LogP contribution in [0.15, 0.2) is 66.7 Å². The van der Waals surface area contributed by atoms with Crippen LogP contribution in [-0.2, 0) is 4.79 Å². The number of hydrogen-bond acceptors (Lipinski definition) is 5. The van der Waals surface area contributed by atoms with Crippen LogP contribution in [0.1, 0.15) is 19.8 Å². The van der Waals surface area contributed by atoms with Crippen molar-refractivity contribution in [2.24, 2.45) is 0 Å². The number of benzene rings is 2. The summed E-state index contributed by atoms with van der Waals surface area (Å²) in [6, 6.07) is 20.9. The number of para-hydroxylation sites is 1. The molecule has 1 aromatic heterocycles. The first-order valence-electron chi connectivity index (χ1n) is 9.91. The zero-order valence-electron chi connectivity index (χ0n) is 16.4. The summed E-state index contributed by atoms with van der Waals surface area (Å²) in [5.41, 5.74) is 2.37. The third-order valence-electron chi connectivity index (χ3n) is 4.93. The highest BCUT2D eigenvalue weighted by molar-refractivity contribution is 5.94. The molecule has 148 valence electrons. The first-order valence-corrected chi connectivity index (χ1v) is 9.91. The topological polar surface area (TPSA) is 67.3 Å². The molecule has 2 heterocycles. The Kier molecular flexibility index (Phi) is 5.70. The first-order chi connectivity index (χ1) is 14.2. The van der Waals surface area contributed by atoms with E-state index in [0.717, 1.165) is 30.2 Å². The van der Waals surface area contributed by atoms with Gasteiger partial charge in [-0.3, -0.25) is 4.79 Å². The molecule has 4 rings (SSSR count). The minimum Gasteiger partial charge on any atom is -0.481 e. The average molecular weight is 388 g/mol. The fourth-order valence-electron chi connectivity index (χ4n) is 3.35. The van der Waals surface area contributed by atoms with Crippen molar-refractivity contribution in [2.45, 2.75) is 25.9 Å². The van der Waals surface area contributed by atoms with E-state index in [0.29, 0.717) is 11.4 Å². The fourth-order valence-corrected chi connectivity index (χ4v) is 3.35. The highest BCUT2D eigenvalue weighted by Gasteiger charge is 2.16. The van der Waals surface area contributed by atoms with Crippen LogP contribution in [0.3, 0.4) is 0 Å². The van der Waals surface area contributed by atoms with Crippen molar-refractivity contribution in [1.29, 1.82) is 0 Å². The zero-order valence-corrected chi connectivity index (χ0v) is 16.4. The van der Waals surface area contributed by atoms with E-state index in [9.17, 15) is 4.79 Å². The quantitative estimate of drug-likeness (QED) is 0.687. The van der Waals surface area contributed by atoms with Crippen LogP contribution < -0.4 is 15.0 Å². The second-order valence-corrected chi connectivity index (χ2v) is 7.11. The molecule has 1 fully saturated rings. The van der Waals surface area contributed by atoms with E-state index >= 15 is 0 Å². The van der Waals surface area contributed by atoms with E-state index < -0.39 is 6.10 Å². The molecule has 1 aliphatic heterocycles. The Morgan fingerprint density at radius 3 is 2.52 bits per heavy atom. The van der Waals surface area contributed by atoms with Gasteiger partial charge in [0.1, 0.15) is 5.75 Å². The summed E-state index contributed by atoms with van der Waals surface area (Å²) < 4.78 is 5.69. The molecule has 1 amide bonds. The summed E-state index contributed by atoms with van der Waals surface area (Å²) in [5, 5.41) is 11.7. The van der Waals surface area contributed by atoms with Gasteiger partial charge in [-0.05, 0) is 56.2 Å². The molecule has 0 saturated carbocycles. The maximum atomic E-state index is 12.5. The van der Waals surface area contributed by atoms with Crippen LogP contribution in [0.2, 0.25) is 0 Å². The van der Waals surface area contributed by atoms with E-state index in [1.165, 1.54) is 12.8 Å². The van der Waals surface area contributed by atoms with Crippen LogP contribution in [0.25, 0.3) is 11.3 Å². The predicted molar refractivity (Wildman–Crippen MR) is 114 cm³/mol. The average Bonchev–Trinajstić information content (AvgIpc) is 3.30. The van der Waals surface area contributed by atoms with Gasteiger partial charge in [-0.2, -0.15) is 0 Å². The van der Waals surface area contributed by atoms with E-state index in [2.05, 4.69) is 20.4 Å². The highest BCUT2D eigenvalue weighted by Crippen LogP contribution is 2.23. The second kappa shape index (κ2) is 8.73. The Morgan fingerprint density at radius 1 is 1.00 bits per heavy atom. The number of anilines is 2. The second-order valence-electron chi connectivity index (χ2n) is 7.11. The van der Waals surface area contributed by atoms with Crippen molar-refractivity contribution in [3.8, 4) is 17.0 Å². The Labute approximate surface area is 170 Å². The lowest BCUT2D eigenvalue weighted by molar-refractivity contribution is -0.122. The van der Waals surface area contributed by atoms with Crippen molar-refractivity contribution in [3.05, 3.63) is 66.7 Å². The molecule has 0 radical (unpaired) electrons. The first kappa shape index (κ1) is 18.9. The lowest BCUT2D eigenvalue weighted by Crippen LogP contribution is -2.30. The van der Waals surface area contributed by atoms with Gasteiger partial charge < -0.3 is 15.0 Å². The number of hydrogen-bond donors (Lipinski definition) is 1. The van der Waals surface area contributed by atoms with Gasteiger partial charge in [0, 0.05) is 24.3 Å². The minimum absolute atomic E-state index is 0.207. The number of amides is 1. The summed E-state index contributed by atoms with van der Waals surface area (Å²) in [4.78, 5) is 14.7. The van der Waals surface area contributed by atoms with Gasteiger partial charge in [0.15, 0.2) is 11.9 Å². The Hall–Kier alpha value is -3.41. The maximum absolute atomic E-state index is 12.5. The maximum Gasteiger partial charge on any atom is 0.265 e. The molecule has 0 aliphatic carbocycles.